The first-order chi connectivity index (χ1) is 32.0. The Morgan fingerprint density at radius 3 is 0.894 bits per heavy atom. The van der Waals surface area contributed by atoms with Crippen LogP contribution < -0.4 is 9.80 Å². The first-order valence-electron chi connectivity index (χ1n) is 23.7. The molecule has 2 heterocycles. The largest absolute Gasteiger partial charge is 0.456 e. The van der Waals surface area contributed by atoms with Gasteiger partial charge in [0.1, 0.15) is 22.3 Å². The second-order valence-electron chi connectivity index (χ2n) is 19.3. The van der Waals surface area contributed by atoms with Crippen LogP contribution in [0.25, 0.3) is 65.4 Å². The molecular formula is C62H56N2O2. The van der Waals surface area contributed by atoms with E-state index in [2.05, 4.69) is 235 Å². The summed E-state index contributed by atoms with van der Waals surface area (Å²) in [5.74, 6) is 1.45. The van der Waals surface area contributed by atoms with E-state index in [1.165, 1.54) is 45.0 Å². The summed E-state index contributed by atoms with van der Waals surface area (Å²) in [6, 6.07) is 62.3. The first kappa shape index (κ1) is 41.4. The third kappa shape index (κ3) is 6.98. The van der Waals surface area contributed by atoms with Gasteiger partial charge in [-0.1, -0.05) is 140 Å². The zero-order valence-corrected chi connectivity index (χ0v) is 39.2. The van der Waals surface area contributed by atoms with Crippen LogP contribution in [0.5, 0.6) is 0 Å². The van der Waals surface area contributed by atoms with Crippen LogP contribution >= 0.6 is 0 Å². The molecule has 0 spiro atoms. The van der Waals surface area contributed by atoms with Gasteiger partial charge in [0.25, 0.3) is 0 Å². The van der Waals surface area contributed by atoms with Crippen LogP contribution in [0.15, 0.2) is 179 Å². The topological polar surface area (TPSA) is 32.8 Å². The molecule has 0 aliphatic heterocycles. The molecule has 0 unspecified atom stereocenters. The number of hydrogen-bond acceptors (Lipinski definition) is 4. The maximum absolute atomic E-state index is 6.76. The maximum Gasteiger partial charge on any atom is 0.136 e. The second kappa shape index (κ2) is 16.3. The zero-order valence-electron chi connectivity index (χ0n) is 39.2. The van der Waals surface area contributed by atoms with E-state index in [1.807, 2.05) is 0 Å². The lowest BCUT2D eigenvalue weighted by Gasteiger charge is -2.31. The molecule has 0 bridgehead atoms. The molecule has 0 atom stereocenters. The first-order valence-corrected chi connectivity index (χ1v) is 23.7. The lowest BCUT2D eigenvalue weighted by molar-refractivity contribution is 0.664. The van der Waals surface area contributed by atoms with Crippen molar-refractivity contribution in [3.05, 3.63) is 192 Å². The molecular weight excluding hydrogens is 805 g/mol. The summed E-state index contributed by atoms with van der Waals surface area (Å²) in [5, 5.41) is 8.86. The molecule has 9 aromatic carbocycles. The lowest BCUT2D eigenvalue weighted by Crippen LogP contribution is -2.15. The van der Waals surface area contributed by atoms with Crippen molar-refractivity contribution in [3.8, 4) is 0 Å². The number of anilines is 6. The van der Waals surface area contributed by atoms with Crippen molar-refractivity contribution < 1.29 is 8.83 Å². The van der Waals surface area contributed by atoms with Crippen molar-refractivity contribution in [1.82, 2.24) is 0 Å². The predicted molar refractivity (Wildman–Crippen MR) is 282 cm³/mol. The normalized spacial score (nSPS) is 12.2. The molecule has 11 aromatic rings. The summed E-state index contributed by atoms with van der Waals surface area (Å²) in [6.45, 7) is 18.2. The highest BCUT2D eigenvalue weighted by Gasteiger charge is 2.24. The number of para-hydroxylation sites is 4. The lowest BCUT2D eigenvalue weighted by atomic mass is 9.96. The molecule has 66 heavy (non-hydrogen) atoms. The number of hydrogen-bond donors (Lipinski definition) is 0. The van der Waals surface area contributed by atoms with Crippen LogP contribution in [-0.2, 0) is 0 Å². The number of furan rings is 2. The fourth-order valence-corrected chi connectivity index (χ4v) is 10.3. The summed E-state index contributed by atoms with van der Waals surface area (Å²) in [4.78, 5) is 4.90. The Labute approximate surface area is 387 Å². The molecule has 0 aliphatic rings. The van der Waals surface area contributed by atoms with Gasteiger partial charge < -0.3 is 18.6 Å². The molecule has 326 valence electrons. The standard InChI is InChI=1S/C62H56N2O2/c1-37(2)47-17-9-13-21-55(47)63(56-22-14-10-18-48(56)38(3)4)45-27-25-41-31-51-53-35-62-54(36-61(53)65-59(51)33-43(41)29-45)52-32-42-26-28-46(30-44(42)34-60(52)66-62)64(57-23-15-11-19-49(57)39(5)6)58-24-16-12-20-50(58)40(7)8/h9-40H,1-8H3. The smallest absolute Gasteiger partial charge is 0.136 e. The molecule has 2 aromatic heterocycles. The van der Waals surface area contributed by atoms with Crippen molar-refractivity contribution in [3.63, 3.8) is 0 Å². The van der Waals surface area contributed by atoms with Crippen molar-refractivity contribution in [2.45, 2.75) is 79.1 Å². The molecule has 0 saturated heterocycles. The summed E-state index contributed by atoms with van der Waals surface area (Å²) in [5.41, 5.74) is 15.8. The average molecular weight is 861 g/mol. The van der Waals surface area contributed by atoms with E-state index >= 15 is 0 Å². The van der Waals surface area contributed by atoms with Gasteiger partial charge in [-0.3, -0.25) is 0 Å². The quantitative estimate of drug-likeness (QED) is 0.137. The Balaban J connectivity index is 1.02. The summed E-state index contributed by atoms with van der Waals surface area (Å²) in [6.07, 6.45) is 0. The van der Waals surface area contributed by atoms with Crippen molar-refractivity contribution in [2.75, 3.05) is 9.80 Å². The summed E-state index contributed by atoms with van der Waals surface area (Å²) in [7, 11) is 0. The Morgan fingerprint density at radius 2 is 0.576 bits per heavy atom. The fraction of sp³-hybridized carbons (Fsp3) is 0.194. The van der Waals surface area contributed by atoms with Gasteiger partial charge in [-0.2, -0.15) is 0 Å². The van der Waals surface area contributed by atoms with E-state index in [9.17, 15) is 0 Å². The van der Waals surface area contributed by atoms with Crippen LogP contribution in [0, 0.1) is 0 Å². The van der Waals surface area contributed by atoms with E-state index in [0.717, 1.165) is 76.8 Å². The second-order valence-corrected chi connectivity index (χ2v) is 19.3. The highest BCUT2D eigenvalue weighted by atomic mass is 16.3. The molecule has 4 nitrogen and oxygen atoms in total. The Bertz CT molecular complexity index is 3300. The number of fused-ring (bicyclic) bond motifs is 8. The van der Waals surface area contributed by atoms with E-state index in [4.69, 9.17) is 8.83 Å². The fourth-order valence-electron chi connectivity index (χ4n) is 10.3. The molecule has 0 saturated carbocycles. The minimum Gasteiger partial charge on any atom is -0.456 e. The minimum absolute atomic E-state index is 0.363. The Hall–Kier alpha value is -7.30. The van der Waals surface area contributed by atoms with Gasteiger partial charge in [-0.05, 0) is 152 Å². The van der Waals surface area contributed by atoms with Gasteiger partial charge in [0, 0.05) is 55.7 Å². The number of benzene rings is 9. The third-order valence-corrected chi connectivity index (χ3v) is 13.7. The van der Waals surface area contributed by atoms with Gasteiger partial charge in [-0.15, -0.1) is 0 Å². The van der Waals surface area contributed by atoms with Crippen molar-refractivity contribution in [2.24, 2.45) is 0 Å². The highest BCUT2D eigenvalue weighted by Crippen LogP contribution is 2.46. The van der Waals surface area contributed by atoms with Crippen LogP contribution in [0.3, 0.4) is 0 Å². The minimum atomic E-state index is 0.363. The van der Waals surface area contributed by atoms with Gasteiger partial charge >= 0.3 is 0 Å². The zero-order chi connectivity index (χ0) is 45.4. The van der Waals surface area contributed by atoms with Gasteiger partial charge in [0.15, 0.2) is 0 Å². The van der Waals surface area contributed by atoms with E-state index < -0.39 is 0 Å². The summed E-state index contributed by atoms with van der Waals surface area (Å²) >= 11 is 0. The SMILES string of the molecule is CC(C)c1ccccc1N(c1ccc2cc3c(cc2c1)oc1cc2c(cc13)oc1cc3cc(N(c4ccccc4C(C)C)c4ccccc4C(C)C)ccc3cc12)c1ccccc1C(C)C. The van der Waals surface area contributed by atoms with Gasteiger partial charge in [0.2, 0.25) is 0 Å². The van der Waals surface area contributed by atoms with Crippen molar-refractivity contribution in [1.29, 1.82) is 0 Å². The molecule has 0 radical (unpaired) electrons. The molecule has 0 amide bonds. The van der Waals surface area contributed by atoms with Crippen molar-refractivity contribution >= 4 is 99.5 Å². The highest BCUT2D eigenvalue weighted by molar-refractivity contribution is 6.18. The monoisotopic (exact) mass is 860 g/mol. The molecule has 11 rings (SSSR count). The Kier molecular flexibility index (Phi) is 10.2. The third-order valence-electron chi connectivity index (χ3n) is 13.7. The van der Waals surface area contributed by atoms with Crippen LogP contribution in [0.4, 0.5) is 34.1 Å². The molecule has 4 heteroatoms. The van der Waals surface area contributed by atoms with Crippen LogP contribution in [0.1, 0.15) is 101 Å². The Morgan fingerprint density at radius 1 is 0.288 bits per heavy atom. The van der Waals surface area contributed by atoms with Crippen LogP contribution in [-0.4, -0.2) is 0 Å². The van der Waals surface area contributed by atoms with E-state index in [0.29, 0.717) is 23.7 Å². The summed E-state index contributed by atoms with van der Waals surface area (Å²) < 4.78 is 13.5. The number of rotatable bonds is 10. The molecule has 0 aliphatic carbocycles. The average Bonchev–Trinajstić information content (AvgIpc) is 3.85. The van der Waals surface area contributed by atoms with Gasteiger partial charge in [-0.25, -0.2) is 0 Å². The molecule has 0 N–H and O–H groups in total. The number of nitrogens with zero attached hydrogens (tertiary/aromatic N) is 2. The molecule has 0 fully saturated rings. The van der Waals surface area contributed by atoms with Crippen LogP contribution in [0.2, 0.25) is 0 Å². The van der Waals surface area contributed by atoms with E-state index in [-0.39, 0.29) is 0 Å². The maximum atomic E-state index is 6.76. The van der Waals surface area contributed by atoms with Gasteiger partial charge in [0.05, 0.1) is 0 Å². The van der Waals surface area contributed by atoms with E-state index in [1.54, 1.807) is 0 Å². The predicted octanol–water partition coefficient (Wildman–Crippen LogP) is 19.2.